The van der Waals surface area contributed by atoms with Gasteiger partial charge in [0.25, 0.3) is 0 Å². The average Bonchev–Trinajstić information content (AvgIpc) is 2.36. The lowest BCUT2D eigenvalue weighted by Gasteiger charge is -2.21. The fraction of sp³-hybridized carbons (Fsp3) is 0.600. The fourth-order valence-electron chi connectivity index (χ4n) is 2.06. The van der Waals surface area contributed by atoms with Gasteiger partial charge >= 0.3 is 0 Å². The van der Waals surface area contributed by atoms with E-state index in [0.717, 1.165) is 19.6 Å². The minimum atomic E-state index is 0.751. The molecule has 0 aliphatic carbocycles. The number of hydrogen-bond donors (Lipinski definition) is 1. The van der Waals surface area contributed by atoms with Gasteiger partial charge in [0.1, 0.15) is 0 Å². The van der Waals surface area contributed by atoms with Gasteiger partial charge in [0, 0.05) is 19.6 Å². The Balaban J connectivity index is 2.32. The summed E-state index contributed by atoms with van der Waals surface area (Å²) in [5, 5.41) is 0. The molecule has 2 N–H and O–H groups in total. The van der Waals surface area contributed by atoms with E-state index in [2.05, 4.69) is 42.2 Å². The van der Waals surface area contributed by atoms with Crippen LogP contribution in [-0.4, -0.2) is 24.5 Å². The smallest absolute Gasteiger partial charge is 0.0234 e. The van der Waals surface area contributed by atoms with Crippen LogP contribution in [0.4, 0.5) is 0 Å². The topological polar surface area (TPSA) is 29.3 Å². The molecular formula is C15H26N2. The molecule has 2 nitrogen and oxygen atoms in total. The Kier molecular flexibility index (Phi) is 7.69. The van der Waals surface area contributed by atoms with Gasteiger partial charge in [-0.05, 0) is 18.5 Å². The van der Waals surface area contributed by atoms with Crippen LogP contribution in [0.3, 0.4) is 0 Å². The first kappa shape index (κ1) is 14.2. The van der Waals surface area contributed by atoms with E-state index in [1.165, 1.54) is 37.8 Å². The highest BCUT2D eigenvalue weighted by atomic mass is 15.1. The predicted molar refractivity (Wildman–Crippen MR) is 74.9 cm³/mol. The third-order valence-corrected chi connectivity index (χ3v) is 3.02. The summed E-state index contributed by atoms with van der Waals surface area (Å²) in [6, 6.07) is 10.7. The quantitative estimate of drug-likeness (QED) is 0.665. The molecule has 0 bridgehead atoms. The zero-order valence-electron chi connectivity index (χ0n) is 11.1. The second kappa shape index (κ2) is 9.20. The van der Waals surface area contributed by atoms with Gasteiger partial charge in [-0.1, -0.05) is 56.5 Å². The van der Waals surface area contributed by atoms with Gasteiger partial charge in [0.15, 0.2) is 0 Å². The molecule has 0 fully saturated rings. The van der Waals surface area contributed by atoms with Crippen LogP contribution >= 0.6 is 0 Å². The molecule has 0 amide bonds. The Morgan fingerprint density at radius 1 is 1.00 bits per heavy atom. The maximum Gasteiger partial charge on any atom is 0.0234 e. The Bertz CT molecular complexity index is 272. The molecule has 0 aliphatic heterocycles. The van der Waals surface area contributed by atoms with Crippen molar-refractivity contribution in [2.24, 2.45) is 5.73 Å². The van der Waals surface area contributed by atoms with Crippen molar-refractivity contribution in [1.82, 2.24) is 4.90 Å². The van der Waals surface area contributed by atoms with Crippen LogP contribution in [0.2, 0.25) is 0 Å². The van der Waals surface area contributed by atoms with Crippen LogP contribution in [0, 0.1) is 0 Å². The first-order valence-corrected chi connectivity index (χ1v) is 6.83. The van der Waals surface area contributed by atoms with Gasteiger partial charge in [-0.3, -0.25) is 4.90 Å². The number of nitrogens with two attached hydrogens (primary N) is 1. The van der Waals surface area contributed by atoms with Crippen molar-refractivity contribution in [3.63, 3.8) is 0 Å². The van der Waals surface area contributed by atoms with E-state index >= 15 is 0 Å². The Labute approximate surface area is 106 Å². The van der Waals surface area contributed by atoms with Crippen molar-refractivity contribution < 1.29 is 0 Å². The summed E-state index contributed by atoms with van der Waals surface area (Å²) in [6.07, 6.45) is 5.28. The molecule has 0 atom stereocenters. The van der Waals surface area contributed by atoms with Gasteiger partial charge in [-0.2, -0.15) is 0 Å². The van der Waals surface area contributed by atoms with Gasteiger partial charge in [-0.15, -0.1) is 0 Å². The second-order valence-electron chi connectivity index (χ2n) is 4.61. The van der Waals surface area contributed by atoms with Crippen molar-refractivity contribution in [3.8, 4) is 0 Å². The zero-order chi connectivity index (χ0) is 12.3. The van der Waals surface area contributed by atoms with Crippen molar-refractivity contribution in [3.05, 3.63) is 35.9 Å². The average molecular weight is 234 g/mol. The zero-order valence-corrected chi connectivity index (χ0v) is 11.1. The van der Waals surface area contributed by atoms with Crippen LogP contribution in [0.15, 0.2) is 30.3 Å². The lowest BCUT2D eigenvalue weighted by atomic mass is 10.1. The van der Waals surface area contributed by atoms with E-state index in [1.54, 1.807) is 0 Å². The predicted octanol–water partition coefficient (Wildman–Crippen LogP) is 3.03. The van der Waals surface area contributed by atoms with E-state index in [0.29, 0.717) is 0 Å². The first-order valence-electron chi connectivity index (χ1n) is 6.83. The summed E-state index contributed by atoms with van der Waals surface area (Å²) in [7, 11) is 0. The first-order chi connectivity index (χ1) is 8.36. The Hall–Kier alpha value is -0.860. The lowest BCUT2D eigenvalue weighted by Crippen LogP contribution is -2.30. The van der Waals surface area contributed by atoms with Gasteiger partial charge < -0.3 is 5.73 Å². The van der Waals surface area contributed by atoms with E-state index < -0.39 is 0 Å². The molecule has 0 saturated carbocycles. The molecule has 1 aromatic carbocycles. The molecule has 2 heteroatoms. The molecular weight excluding hydrogens is 208 g/mol. The molecule has 0 saturated heterocycles. The normalized spacial score (nSPS) is 11.0. The monoisotopic (exact) mass is 234 g/mol. The minimum absolute atomic E-state index is 0.751. The molecule has 0 unspecified atom stereocenters. The lowest BCUT2D eigenvalue weighted by molar-refractivity contribution is 0.266. The van der Waals surface area contributed by atoms with Crippen molar-refractivity contribution in [2.75, 3.05) is 19.6 Å². The fourth-order valence-corrected chi connectivity index (χ4v) is 2.06. The third kappa shape index (κ3) is 6.44. The van der Waals surface area contributed by atoms with Crippen LogP contribution in [0.25, 0.3) is 0 Å². The van der Waals surface area contributed by atoms with Gasteiger partial charge in [-0.25, -0.2) is 0 Å². The highest BCUT2D eigenvalue weighted by Gasteiger charge is 2.04. The third-order valence-electron chi connectivity index (χ3n) is 3.02. The number of hydrogen-bond acceptors (Lipinski definition) is 2. The number of benzene rings is 1. The second-order valence-corrected chi connectivity index (χ2v) is 4.61. The molecule has 0 spiro atoms. The van der Waals surface area contributed by atoms with Gasteiger partial charge in [0.2, 0.25) is 0 Å². The van der Waals surface area contributed by atoms with E-state index in [9.17, 15) is 0 Å². The maximum atomic E-state index is 5.67. The number of unbranched alkanes of at least 4 members (excludes halogenated alkanes) is 3. The maximum absolute atomic E-state index is 5.67. The summed E-state index contributed by atoms with van der Waals surface area (Å²) in [5.74, 6) is 0. The number of rotatable bonds is 9. The molecule has 0 radical (unpaired) electrons. The summed E-state index contributed by atoms with van der Waals surface area (Å²) in [5.41, 5.74) is 7.06. The largest absolute Gasteiger partial charge is 0.329 e. The highest BCUT2D eigenvalue weighted by Crippen LogP contribution is 2.06. The molecule has 0 aliphatic rings. The Morgan fingerprint density at radius 3 is 2.41 bits per heavy atom. The minimum Gasteiger partial charge on any atom is -0.329 e. The van der Waals surface area contributed by atoms with E-state index in [-0.39, 0.29) is 0 Å². The van der Waals surface area contributed by atoms with Crippen LogP contribution in [0.5, 0.6) is 0 Å². The molecule has 1 aromatic rings. The van der Waals surface area contributed by atoms with Gasteiger partial charge in [0.05, 0.1) is 0 Å². The SMILES string of the molecule is CCCCCCN(CCN)Cc1ccccc1. The standard InChI is InChI=1S/C15H26N2/c1-2-3-4-8-12-17(13-11-16)14-15-9-6-5-7-10-15/h5-7,9-10H,2-4,8,11-14,16H2,1H3. The van der Waals surface area contributed by atoms with Crippen LogP contribution < -0.4 is 5.73 Å². The van der Waals surface area contributed by atoms with Crippen molar-refractivity contribution in [2.45, 2.75) is 39.2 Å². The summed E-state index contributed by atoms with van der Waals surface area (Å²) in [6.45, 7) is 6.21. The highest BCUT2D eigenvalue weighted by molar-refractivity contribution is 5.14. The van der Waals surface area contributed by atoms with Crippen molar-refractivity contribution in [1.29, 1.82) is 0 Å². The molecule has 0 aromatic heterocycles. The number of nitrogens with zero attached hydrogens (tertiary/aromatic N) is 1. The van der Waals surface area contributed by atoms with E-state index in [1.807, 2.05) is 0 Å². The summed E-state index contributed by atoms with van der Waals surface area (Å²) >= 11 is 0. The van der Waals surface area contributed by atoms with E-state index in [4.69, 9.17) is 5.73 Å². The molecule has 17 heavy (non-hydrogen) atoms. The van der Waals surface area contributed by atoms with Crippen LogP contribution in [0.1, 0.15) is 38.2 Å². The summed E-state index contributed by atoms with van der Waals surface area (Å²) in [4.78, 5) is 2.46. The molecule has 1 rings (SSSR count). The molecule has 96 valence electrons. The summed E-state index contributed by atoms with van der Waals surface area (Å²) < 4.78 is 0. The van der Waals surface area contributed by atoms with Crippen LogP contribution in [-0.2, 0) is 6.54 Å². The molecule has 0 heterocycles. The van der Waals surface area contributed by atoms with Crippen molar-refractivity contribution >= 4 is 0 Å². The Morgan fingerprint density at radius 2 is 1.76 bits per heavy atom.